The molecular weight excluding hydrogens is 368 g/mol. The molecule has 0 unspecified atom stereocenters. The van der Waals surface area contributed by atoms with Crippen LogP contribution < -0.4 is 10.2 Å². The molecule has 126 valence electrons. The molecular formula is C19H21BrN2O2. The van der Waals surface area contributed by atoms with E-state index in [2.05, 4.69) is 21.2 Å². The standard InChI is InChI=1S/C19H21BrN2O2/c1-12-6-5-7-18(14(12)3)22(15(4)23)11-19(24)21-17-9-8-16(20)10-13(17)2/h5-10H,11H2,1-4H3,(H,21,24). The number of halogens is 1. The molecule has 0 radical (unpaired) electrons. The van der Waals surface area contributed by atoms with Crippen molar-refractivity contribution in [3.05, 3.63) is 57.6 Å². The molecule has 2 rings (SSSR count). The van der Waals surface area contributed by atoms with Gasteiger partial charge in [-0.05, 0) is 61.7 Å². The first kappa shape index (κ1) is 18.2. The maximum Gasteiger partial charge on any atom is 0.244 e. The molecule has 2 aromatic carbocycles. The number of hydrogen-bond donors (Lipinski definition) is 1. The normalized spacial score (nSPS) is 10.4. The fraction of sp³-hybridized carbons (Fsp3) is 0.263. The molecule has 0 aliphatic rings. The van der Waals surface area contributed by atoms with Gasteiger partial charge in [-0.2, -0.15) is 0 Å². The lowest BCUT2D eigenvalue weighted by Crippen LogP contribution is -2.37. The number of amides is 2. The number of anilines is 2. The molecule has 0 spiro atoms. The summed E-state index contributed by atoms with van der Waals surface area (Å²) in [7, 11) is 0. The van der Waals surface area contributed by atoms with Crippen LogP contribution in [0.5, 0.6) is 0 Å². The lowest BCUT2D eigenvalue weighted by molar-refractivity contribution is -0.120. The molecule has 0 atom stereocenters. The Morgan fingerprint density at radius 2 is 1.79 bits per heavy atom. The van der Waals surface area contributed by atoms with E-state index in [-0.39, 0.29) is 18.4 Å². The van der Waals surface area contributed by atoms with Gasteiger partial charge in [0.25, 0.3) is 0 Å². The zero-order chi connectivity index (χ0) is 17.9. The quantitative estimate of drug-likeness (QED) is 0.845. The Labute approximate surface area is 151 Å². The second-order valence-corrected chi connectivity index (χ2v) is 6.75. The van der Waals surface area contributed by atoms with Crippen molar-refractivity contribution in [1.29, 1.82) is 0 Å². The van der Waals surface area contributed by atoms with Crippen LogP contribution >= 0.6 is 15.9 Å². The van der Waals surface area contributed by atoms with Crippen LogP contribution in [0, 0.1) is 20.8 Å². The predicted octanol–water partition coefficient (Wildman–Crippen LogP) is 4.37. The lowest BCUT2D eigenvalue weighted by Gasteiger charge is -2.23. The third-order valence-corrected chi connectivity index (χ3v) is 4.50. The Morgan fingerprint density at radius 1 is 1.08 bits per heavy atom. The first-order valence-electron chi connectivity index (χ1n) is 7.70. The largest absolute Gasteiger partial charge is 0.324 e. The number of hydrogen-bond acceptors (Lipinski definition) is 2. The van der Waals surface area contributed by atoms with Crippen LogP contribution in [0.2, 0.25) is 0 Å². The minimum atomic E-state index is -0.225. The fourth-order valence-electron chi connectivity index (χ4n) is 2.49. The molecule has 0 fully saturated rings. The Balaban J connectivity index is 2.20. The summed E-state index contributed by atoms with van der Waals surface area (Å²) in [5, 5.41) is 2.87. The highest BCUT2D eigenvalue weighted by molar-refractivity contribution is 9.10. The van der Waals surface area contributed by atoms with Gasteiger partial charge in [0, 0.05) is 22.8 Å². The smallest absolute Gasteiger partial charge is 0.244 e. The second kappa shape index (κ2) is 7.62. The van der Waals surface area contributed by atoms with Crippen LogP contribution in [0.4, 0.5) is 11.4 Å². The van der Waals surface area contributed by atoms with Gasteiger partial charge in [0.05, 0.1) is 0 Å². The number of rotatable bonds is 4. The van der Waals surface area contributed by atoms with Gasteiger partial charge in [-0.3, -0.25) is 9.59 Å². The molecule has 0 saturated heterocycles. The zero-order valence-electron chi connectivity index (χ0n) is 14.3. The van der Waals surface area contributed by atoms with E-state index in [1.165, 1.54) is 11.8 Å². The van der Waals surface area contributed by atoms with Gasteiger partial charge in [-0.15, -0.1) is 0 Å². The van der Waals surface area contributed by atoms with Gasteiger partial charge >= 0.3 is 0 Å². The first-order valence-corrected chi connectivity index (χ1v) is 8.49. The second-order valence-electron chi connectivity index (χ2n) is 5.83. The zero-order valence-corrected chi connectivity index (χ0v) is 15.9. The van der Waals surface area contributed by atoms with E-state index in [1.807, 2.05) is 57.2 Å². The van der Waals surface area contributed by atoms with Gasteiger partial charge in [-0.25, -0.2) is 0 Å². The van der Waals surface area contributed by atoms with Crippen molar-refractivity contribution in [3.63, 3.8) is 0 Å². The number of aryl methyl sites for hydroxylation is 2. The van der Waals surface area contributed by atoms with Crippen molar-refractivity contribution >= 4 is 39.1 Å². The summed E-state index contributed by atoms with van der Waals surface area (Å²) in [6, 6.07) is 11.4. The minimum Gasteiger partial charge on any atom is -0.324 e. The summed E-state index contributed by atoms with van der Waals surface area (Å²) in [5.74, 6) is -0.386. The summed E-state index contributed by atoms with van der Waals surface area (Å²) < 4.78 is 0.957. The van der Waals surface area contributed by atoms with Crippen molar-refractivity contribution in [2.24, 2.45) is 0 Å². The van der Waals surface area contributed by atoms with Crippen LogP contribution in [0.1, 0.15) is 23.6 Å². The molecule has 24 heavy (non-hydrogen) atoms. The van der Waals surface area contributed by atoms with E-state index in [0.29, 0.717) is 0 Å². The van der Waals surface area contributed by atoms with Crippen LogP contribution in [-0.2, 0) is 9.59 Å². The van der Waals surface area contributed by atoms with Crippen LogP contribution in [-0.4, -0.2) is 18.4 Å². The molecule has 2 amide bonds. The predicted molar refractivity (Wildman–Crippen MR) is 101 cm³/mol. The van der Waals surface area contributed by atoms with E-state index in [4.69, 9.17) is 0 Å². The molecule has 4 nitrogen and oxygen atoms in total. The third kappa shape index (κ3) is 4.23. The molecule has 0 aliphatic heterocycles. The Hall–Kier alpha value is -2.14. The maximum atomic E-state index is 12.4. The van der Waals surface area contributed by atoms with Gasteiger partial charge in [-0.1, -0.05) is 28.1 Å². The van der Waals surface area contributed by atoms with E-state index >= 15 is 0 Å². The van der Waals surface area contributed by atoms with E-state index < -0.39 is 0 Å². The van der Waals surface area contributed by atoms with Gasteiger partial charge in [0.2, 0.25) is 11.8 Å². The minimum absolute atomic E-state index is 0.0187. The molecule has 0 bridgehead atoms. The highest BCUT2D eigenvalue weighted by Crippen LogP contribution is 2.24. The molecule has 0 saturated carbocycles. The number of nitrogens with one attached hydrogen (secondary N) is 1. The first-order chi connectivity index (χ1) is 11.3. The van der Waals surface area contributed by atoms with Gasteiger partial charge in [0.15, 0.2) is 0 Å². The Bertz CT molecular complexity index is 787. The van der Waals surface area contributed by atoms with Crippen LogP contribution in [0.15, 0.2) is 40.9 Å². The SMILES string of the molecule is CC(=O)N(CC(=O)Nc1ccc(Br)cc1C)c1cccc(C)c1C. The summed E-state index contributed by atoms with van der Waals surface area (Å²) in [6.07, 6.45) is 0. The number of carbonyl (C=O) groups excluding carboxylic acids is 2. The average molecular weight is 389 g/mol. The van der Waals surface area contributed by atoms with Gasteiger partial charge in [0.1, 0.15) is 6.54 Å². The van der Waals surface area contributed by atoms with E-state index in [1.54, 1.807) is 0 Å². The number of benzene rings is 2. The molecule has 0 heterocycles. The third-order valence-electron chi connectivity index (χ3n) is 4.01. The fourth-order valence-corrected chi connectivity index (χ4v) is 2.97. The number of nitrogens with zero attached hydrogens (tertiary/aromatic N) is 1. The Morgan fingerprint density at radius 3 is 2.42 bits per heavy atom. The molecule has 2 aromatic rings. The van der Waals surface area contributed by atoms with Crippen LogP contribution in [0.3, 0.4) is 0 Å². The van der Waals surface area contributed by atoms with E-state index in [0.717, 1.165) is 32.5 Å². The van der Waals surface area contributed by atoms with Crippen molar-refractivity contribution < 1.29 is 9.59 Å². The maximum absolute atomic E-state index is 12.4. The van der Waals surface area contributed by atoms with Crippen molar-refractivity contribution in [1.82, 2.24) is 0 Å². The van der Waals surface area contributed by atoms with E-state index in [9.17, 15) is 9.59 Å². The summed E-state index contributed by atoms with van der Waals surface area (Å²) in [6.45, 7) is 7.32. The molecule has 0 aromatic heterocycles. The topological polar surface area (TPSA) is 49.4 Å². The van der Waals surface area contributed by atoms with Crippen molar-refractivity contribution in [2.45, 2.75) is 27.7 Å². The summed E-state index contributed by atoms with van der Waals surface area (Å²) in [4.78, 5) is 26.0. The highest BCUT2D eigenvalue weighted by Gasteiger charge is 2.18. The van der Waals surface area contributed by atoms with Crippen molar-refractivity contribution in [2.75, 3.05) is 16.8 Å². The monoisotopic (exact) mass is 388 g/mol. The molecule has 0 aliphatic carbocycles. The Kier molecular flexibility index (Phi) is 5.78. The van der Waals surface area contributed by atoms with Gasteiger partial charge < -0.3 is 10.2 Å². The average Bonchev–Trinajstić information content (AvgIpc) is 2.50. The molecule has 1 N–H and O–H groups in total. The van der Waals surface area contributed by atoms with Crippen molar-refractivity contribution in [3.8, 4) is 0 Å². The summed E-state index contributed by atoms with van der Waals surface area (Å²) in [5.41, 5.74) is 4.56. The molecule has 5 heteroatoms. The summed E-state index contributed by atoms with van der Waals surface area (Å²) >= 11 is 3.40. The lowest BCUT2D eigenvalue weighted by atomic mass is 10.1. The highest BCUT2D eigenvalue weighted by atomic mass is 79.9. The van der Waals surface area contributed by atoms with Crippen LogP contribution in [0.25, 0.3) is 0 Å². The number of carbonyl (C=O) groups is 2.